The Morgan fingerprint density at radius 3 is 2.26 bits per heavy atom. The molecule has 0 aliphatic carbocycles. The first kappa shape index (κ1) is 16.0. The molecule has 0 aromatic rings. The highest BCUT2D eigenvalue weighted by molar-refractivity contribution is 5.97. The Kier molecular flexibility index (Phi) is 5.83. The molecule has 0 bridgehead atoms. The number of nitrogens with zero attached hydrogens (tertiary/aromatic N) is 1. The number of hydrogen-bond acceptors (Lipinski definition) is 2. The number of piperazine rings is 1. The molecule has 0 aromatic heterocycles. The molecule has 0 aromatic carbocycles. The molecule has 4 unspecified atom stereocenters. The molecule has 110 valence electrons. The molecule has 4 heteroatoms. The van der Waals surface area contributed by atoms with E-state index in [2.05, 4.69) is 26.1 Å². The Hall–Kier alpha value is -1.06. The van der Waals surface area contributed by atoms with E-state index in [9.17, 15) is 9.59 Å². The molecule has 4 nitrogen and oxygen atoms in total. The summed E-state index contributed by atoms with van der Waals surface area (Å²) in [5.74, 6) is 0.667. The molecule has 0 spiro atoms. The van der Waals surface area contributed by atoms with E-state index in [4.69, 9.17) is 0 Å². The van der Waals surface area contributed by atoms with Gasteiger partial charge in [0.25, 0.3) is 0 Å². The first-order valence-corrected chi connectivity index (χ1v) is 7.58. The Morgan fingerprint density at radius 2 is 1.79 bits per heavy atom. The van der Waals surface area contributed by atoms with Gasteiger partial charge in [0.15, 0.2) is 0 Å². The van der Waals surface area contributed by atoms with E-state index in [1.807, 2.05) is 18.7 Å². The van der Waals surface area contributed by atoms with Crippen LogP contribution in [0.5, 0.6) is 0 Å². The highest BCUT2D eigenvalue weighted by Gasteiger charge is 2.40. The lowest BCUT2D eigenvalue weighted by Gasteiger charge is -2.42. The number of rotatable bonds is 6. The van der Waals surface area contributed by atoms with Gasteiger partial charge in [-0.15, -0.1) is 0 Å². The van der Waals surface area contributed by atoms with Crippen molar-refractivity contribution in [3.8, 4) is 0 Å². The first-order valence-electron chi connectivity index (χ1n) is 7.58. The van der Waals surface area contributed by atoms with Gasteiger partial charge in [0.05, 0.1) is 0 Å². The van der Waals surface area contributed by atoms with Gasteiger partial charge >= 0.3 is 0 Å². The molecule has 4 atom stereocenters. The van der Waals surface area contributed by atoms with Gasteiger partial charge in [0.2, 0.25) is 11.8 Å². The highest BCUT2D eigenvalue weighted by Crippen LogP contribution is 2.22. The third kappa shape index (κ3) is 3.48. The van der Waals surface area contributed by atoms with Gasteiger partial charge in [-0.05, 0) is 32.1 Å². The second-order valence-corrected chi connectivity index (χ2v) is 5.74. The molecule has 0 radical (unpaired) electrons. The van der Waals surface area contributed by atoms with Gasteiger partial charge in [-0.2, -0.15) is 0 Å². The van der Waals surface area contributed by atoms with Crippen molar-refractivity contribution in [1.29, 1.82) is 0 Å². The average molecular weight is 268 g/mol. The largest absolute Gasteiger partial charge is 0.343 e. The lowest BCUT2D eigenvalue weighted by Crippen LogP contribution is -2.65. The quantitative estimate of drug-likeness (QED) is 0.803. The zero-order valence-corrected chi connectivity index (χ0v) is 12.9. The molecule has 1 saturated heterocycles. The van der Waals surface area contributed by atoms with Gasteiger partial charge in [-0.25, -0.2) is 0 Å². The minimum Gasteiger partial charge on any atom is -0.343 e. The predicted molar refractivity (Wildman–Crippen MR) is 76.7 cm³/mol. The van der Waals surface area contributed by atoms with Crippen molar-refractivity contribution in [1.82, 2.24) is 10.2 Å². The predicted octanol–water partition coefficient (Wildman–Crippen LogP) is 2.33. The van der Waals surface area contributed by atoms with Gasteiger partial charge in [-0.1, -0.05) is 34.1 Å². The van der Waals surface area contributed by atoms with E-state index in [-0.39, 0.29) is 29.9 Å². The van der Waals surface area contributed by atoms with Crippen LogP contribution in [0.25, 0.3) is 0 Å². The number of hydrogen-bond donors (Lipinski definition) is 1. The second-order valence-electron chi connectivity index (χ2n) is 5.74. The van der Waals surface area contributed by atoms with E-state index < -0.39 is 0 Å². The minimum atomic E-state index is -0.338. The third-order valence-corrected chi connectivity index (χ3v) is 4.22. The summed E-state index contributed by atoms with van der Waals surface area (Å²) in [7, 11) is 0. The second kappa shape index (κ2) is 6.92. The van der Waals surface area contributed by atoms with Crippen LogP contribution < -0.4 is 5.32 Å². The summed E-state index contributed by atoms with van der Waals surface area (Å²) in [5, 5.41) is 2.84. The maximum Gasteiger partial charge on any atom is 0.246 e. The highest BCUT2D eigenvalue weighted by atomic mass is 16.2. The number of carbonyl (C=O) groups excluding carboxylic acids is 2. The minimum absolute atomic E-state index is 0.00458. The molecule has 0 saturated carbocycles. The van der Waals surface area contributed by atoms with Crippen LogP contribution in [0.1, 0.15) is 60.3 Å². The maximum atomic E-state index is 12.5. The molecule has 1 rings (SSSR count). The average Bonchev–Trinajstić information content (AvgIpc) is 2.39. The lowest BCUT2D eigenvalue weighted by atomic mass is 9.95. The van der Waals surface area contributed by atoms with Crippen molar-refractivity contribution in [2.45, 2.75) is 78.4 Å². The van der Waals surface area contributed by atoms with Gasteiger partial charge in [0.1, 0.15) is 12.1 Å². The SMILES string of the molecule is CCC(C)CC(C)N1C(=O)C(CC)NC(=O)C1CC. The standard InChI is InChI=1S/C15H28N2O2/c1-6-10(4)9-11(5)17-13(8-3)14(18)16-12(7-2)15(17)19/h10-13H,6-9H2,1-5H3,(H,16,18). The maximum absolute atomic E-state index is 12.5. The van der Waals surface area contributed by atoms with Crippen LogP contribution in [0.15, 0.2) is 0 Å². The van der Waals surface area contributed by atoms with Crippen molar-refractivity contribution in [3.63, 3.8) is 0 Å². The fourth-order valence-corrected chi connectivity index (χ4v) is 2.84. The Morgan fingerprint density at radius 1 is 1.16 bits per heavy atom. The number of carbonyl (C=O) groups is 2. The smallest absolute Gasteiger partial charge is 0.246 e. The van der Waals surface area contributed by atoms with E-state index in [1.165, 1.54) is 0 Å². The number of amides is 2. The zero-order valence-electron chi connectivity index (χ0n) is 12.9. The summed E-state index contributed by atoms with van der Waals surface area (Å²) in [5.41, 5.74) is 0. The Balaban J connectivity index is 2.89. The van der Waals surface area contributed by atoms with Gasteiger partial charge < -0.3 is 10.2 Å². The van der Waals surface area contributed by atoms with Crippen LogP contribution >= 0.6 is 0 Å². The van der Waals surface area contributed by atoms with Crippen molar-refractivity contribution >= 4 is 11.8 Å². The fraction of sp³-hybridized carbons (Fsp3) is 0.867. The molecule has 2 amide bonds. The summed E-state index contributed by atoms with van der Waals surface area (Å²) in [6.07, 6.45) is 3.40. The zero-order chi connectivity index (χ0) is 14.6. The van der Waals surface area contributed by atoms with E-state index in [0.717, 1.165) is 12.8 Å². The summed E-state index contributed by atoms with van der Waals surface area (Å²) < 4.78 is 0. The van der Waals surface area contributed by atoms with Gasteiger partial charge in [-0.3, -0.25) is 9.59 Å². The first-order chi connectivity index (χ1) is 8.96. The molecule has 1 aliphatic heterocycles. The molecule has 1 N–H and O–H groups in total. The van der Waals surface area contributed by atoms with Crippen molar-refractivity contribution in [2.75, 3.05) is 0 Å². The van der Waals surface area contributed by atoms with E-state index >= 15 is 0 Å². The Labute approximate surface area is 116 Å². The lowest BCUT2D eigenvalue weighted by molar-refractivity contribution is -0.152. The van der Waals surface area contributed by atoms with Crippen LogP contribution in [0.2, 0.25) is 0 Å². The van der Waals surface area contributed by atoms with Crippen molar-refractivity contribution < 1.29 is 9.59 Å². The van der Waals surface area contributed by atoms with Gasteiger partial charge in [0, 0.05) is 6.04 Å². The van der Waals surface area contributed by atoms with Crippen LogP contribution in [-0.4, -0.2) is 34.8 Å². The summed E-state index contributed by atoms with van der Waals surface area (Å²) >= 11 is 0. The van der Waals surface area contributed by atoms with Crippen LogP contribution in [0.4, 0.5) is 0 Å². The van der Waals surface area contributed by atoms with Crippen molar-refractivity contribution in [3.05, 3.63) is 0 Å². The summed E-state index contributed by atoms with van der Waals surface area (Å²) in [6.45, 7) is 10.3. The molecule has 1 fully saturated rings. The molecule has 19 heavy (non-hydrogen) atoms. The topological polar surface area (TPSA) is 49.4 Å². The summed E-state index contributed by atoms with van der Waals surface area (Å²) in [6, 6.07) is -0.503. The molecular formula is C15H28N2O2. The summed E-state index contributed by atoms with van der Waals surface area (Å²) in [4.78, 5) is 26.4. The molecule has 1 aliphatic rings. The molecular weight excluding hydrogens is 240 g/mol. The third-order valence-electron chi connectivity index (χ3n) is 4.22. The van der Waals surface area contributed by atoms with E-state index in [1.54, 1.807) is 0 Å². The Bertz CT molecular complexity index is 330. The van der Waals surface area contributed by atoms with Crippen LogP contribution in [0.3, 0.4) is 0 Å². The van der Waals surface area contributed by atoms with Crippen molar-refractivity contribution in [2.24, 2.45) is 5.92 Å². The normalized spacial score (nSPS) is 27.1. The monoisotopic (exact) mass is 268 g/mol. The van der Waals surface area contributed by atoms with E-state index in [0.29, 0.717) is 18.8 Å². The fourth-order valence-electron chi connectivity index (χ4n) is 2.84. The number of nitrogens with one attached hydrogen (secondary N) is 1. The van der Waals surface area contributed by atoms with Crippen LogP contribution in [0, 0.1) is 5.92 Å². The molecule has 1 heterocycles. The van der Waals surface area contributed by atoms with Crippen LogP contribution in [-0.2, 0) is 9.59 Å².